The number of para-hydroxylation sites is 1. The predicted molar refractivity (Wildman–Crippen MR) is 88.5 cm³/mol. The smallest absolute Gasteiger partial charge is 0.270 e. The molecule has 0 atom stereocenters. The lowest BCUT2D eigenvalue weighted by molar-refractivity contribution is 0.0933. The summed E-state index contributed by atoms with van der Waals surface area (Å²) in [6.45, 7) is 0. The zero-order valence-corrected chi connectivity index (χ0v) is 12.8. The van der Waals surface area contributed by atoms with Crippen LogP contribution in [0.3, 0.4) is 0 Å². The highest BCUT2D eigenvalue weighted by Gasteiger charge is 2.19. The number of nitrogens with zero attached hydrogens (tertiary/aromatic N) is 2. The van der Waals surface area contributed by atoms with E-state index in [9.17, 15) is 4.79 Å². The number of carbonyl (C=O) groups is 1. The highest BCUT2D eigenvalue weighted by atomic mass is 16.1. The van der Waals surface area contributed by atoms with Crippen molar-refractivity contribution in [2.24, 2.45) is 0 Å². The Labute approximate surface area is 131 Å². The van der Waals surface area contributed by atoms with E-state index in [1.165, 1.54) is 12.8 Å². The summed E-state index contributed by atoms with van der Waals surface area (Å²) in [7, 11) is 1.99. The highest BCUT2D eigenvalue weighted by molar-refractivity contribution is 5.93. The van der Waals surface area contributed by atoms with Crippen molar-refractivity contribution in [2.75, 3.05) is 11.9 Å². The van der Waals surface area contributed by atoms with Gasteiger partial charge in [0.25, 0.3) is 5.91 Å². The van der Waals surface area contributed by atoms with E-state index in [-0.39, 0.29) is 5.91 Å². The Kier molecular flexibility index (Phi) is 4.37. The van der Waals surface area contributed by atoms with E-state index in [1.807, 2.05) is 54.4 Å². The van der Waals surface area contributed by atoms with Gasteiger partial charge in [-0.05, 0) is 37.1 Å². The third-order valence-electron chi connectivity index (χ3n) is 4.20. The Morgan fingerprint density at radius 2 is 1.86 bits per heavy atom. The number of hydrogen-bond donors (Lipinski definition) is 1. The summed E-state index contributed by atoms with van der Waals surface area (Å²) in [4.78, 5) is 18.6. The van der Waals surface area contributed by atoms with Crippen molar-refractivity contribution >= 4 is 17.3 Å². The molecule has 1 aromatic carbocycles. The van der Waals surface area contributed by atoms with E-state index in [1.54, 1.807) is 6.20 Å². The Morgan fingerprint density at radius 3 is 2.59 bits per heavy atom. The van der Waals surface area contributed by atoms with Crippen LogP contribution >= 0.6 is 0 Å². The second-order valence-corrected chi connectivity index (χ2v) is 5.75. The molecular formula is C18H21N3O. The summed E-state index contributed by atoms with van der Waals surface area (Å²) in [5, 5.41) is 3.08. The van der Waals surface area contributed by atoms with Crippen molar-refractivity contribution in [3.63, 3.8) is 0 Å². The van der Waals surface area contributed by atoms with Gasteiger partial charge in [0.2, 0.25) is 0 Å². The molecule has 0 aliphatic heterocycles. The van der Waals surface area contributed by atoms with E-state index in [0.29, 0.717) is 11.7 Å². The molecule has 1 aliphatic carbocycles. The maximum atomic E-state index is 12.3. The zero-order chi connectivity index (χ0) is 15.4. The molecule has 1 fully saturated rings. The third-order valence-corrected chi connectivity index (χ3v) is 4.20. The molecule has 3 rings (SSSR count). The Hall–Kier alpha value is -2.36. The van der Waals surface area contributed by atoms with E-state index < -0.39 is 0 Å². The first-order chi connectivity index (χ1) is 10.7. The van der Waals surface area contributed by atoms with Gasteiger partial charge in [-0.25, -0.2) is 0 Å². The maximum absolute atomic E-state index is 12.3. The second kappa shape index (κ2) is 6.60. The number of hydrogen-bond acceptors (Lipinski definition) is 3. The average Bonchev–Trinajstić information content (AvgIpc) is 3.08. The van der Waals surface area contributed by atoms with E-state index in [0.717, 1.165) is 24.2 Å². The van der Waals surface area contributed by atoms with E-state index in [2.05, 4.69) is 10.3 Å². The van der Waals surface area contributed by atoms with Gasteiger partial charge in [-0.2, -0.15) is 0 Å². The van der Waals surface area contributed by atoms with Crippen LogP contribution in [0.25, 0.3) is 0 Å². The summed E-state index contributed by atoms with van der Waals surface area (Å²) in [5.74, 6) is -0.0739. The van der Waals surface area contributed by atoms with Crippen LogP contribution in [0.4, 0.5) is 11.4 Å². The average molecular weight is 295 g/mol. The van der Waals surface area contributed by atoms with Crippen LogP contribution in [-0.4, -0.2) is 24.0 Å². The van der Waals surface area contributed by atoms with Crippen LogP contribution in [0.1, 0.15) is 36.2 Å². The highest BCUT2D eigenvalue weighted by Crippen LogP contribution is 2.23. The van der Waals surface area contributed by atoms with Crippen LogP contribution in [0.15, 0.2) is 48.7 Å². The van der Waals surface area contributed by atoms with Crippen molar-refractivity contribution in [1.29, 1.82) is 0 Å². The molecule has 1 amide bonds. The van der Waals surface area contributed by atoms with Crippen LogP contribution in [0.2, 0.25) is 0 Å². The van der Waals surface area contributed by atoms with Gasteiger partial charge < -0.3 is 10.2 Å². The number of benzene rings is 1. The standard InChI is InChI=1S/C18H21N3O/c1-21(15-9-3-2-4-10-15)16-11-12-19-17(13-16)18(22)20-14-7-5-6-8-14/h2-4,9-14H,5-8H2,1H3,(H,20,22). The molecule has 22 heavy (non-hydrogen) atoms. The number of rotatable bonds is 4. The van der Waals surface area contributed by atoms with Crippen molar-refractivity contribution < 1.29 is 4.79 Å². The molecule has 2 aromatic rings. The van der Waals surface area contributed by atoms with Crippen LogP contribution in [0.5, 0.6) is 0 Å². The molecule has 1 heterocycles. The van der Waals surface area contributed by atoms with Gasteiger partial charge in [-0.15, -0.1) is 0 Å². The summed E-state index contributed by atoms with van der Waals surface area (Å²) >= 11 is 0. The van der Waals surface area contributed by atoms with Gasteiger partial charge in [0.05, 0.1) is 0 Å². The fourth-order valence-electron chi connectivity index (χ4n) is 2.88. The van der Waals surface area contributed by atoms with E-state index >= 15 is 0 Å². The second-order valence-electron chi connectivity index (χ2n) is 5.75. The molecule has 0 radical (unpaired) electrons. The molecule has 0 spiro atoms. The molecule has 0 unspecified atom stereocenters. The first-order valence-electron chi connectivity index (χ1n) is 7.80. The molecule has 1 aliphatic rings. The monoisotopic (exact) mass is 295 g/mol. The van der Waals surface area contributed by atoms with Gasteiger partial charge in [0.15, 0.2) is 0 Å². The Morgan fingerprint density at radius 1 is 1.14 bits per heavy atom. The SMILES string of the molecule is CN(c1ccccc1)c1ccnc(C(=O)NC2CCCC2)c1. The van der Waals surface area contributed by atoms with Gasteiger partial charge in [-0.1, -0.05) is 31.0 Å². The number of carbonyl (C=O) groups excluding carboxylic acids is 1. The minimum Gasteiger partial charge on any atom is -0.348 e. The molecule has 4 heteroatoms. The summed E-state index contributed by atoms with van der Waals surface area (Å²) < 4.78 is 0. The van der Waals surface area contributed by atoms with Gasteiger partial charge >= 0.3 is 0 Å². The molecule has 1 aromatic heterocycles. The van der Waals surface area contributed by atoms with Crippen LogP contribution in [-0.2, 0) is 0 Å². The number of anilines is 2. The summed E-state index contributed by atoms with van der Waals surface area (Å²) in [5.41, 5.74) is 2.51. The normalized spacial score (nSPS) is 14.8. The minimum absolute atomic E-state index is 0.0739. The van der Waals surface area contributed by atoms with Gasteiger partial charge in [0, 0.05) is 30.7 Å². The lowest BCUT2D eigenvalue weighted by Crippen LogP contribution is -2.33. The molecule has 114 valence electrons. The largest absolute Gasteiger partial charge is 0.348 e. The molecule has 0 saturated heterocycles. The van der Waals surface area contributed by atoms with Crippen LogP contribution in [0, 0.1) is 0 Å². The quantitative estimate of drug-likeness (QED) is 0.938. The minimum atomic E-state index is -0.0739. The Balaban J connectivity index is 1.75. The van der Waals surface area contributed by atoms with Crippen LogP contribution < -0.4 is 10.2 Å². The van der Waals surface area contributed by atoms with E-state index in [4.69, 9.17) is 0 Å². The topological polar surface area (TPSA) is 45.2 Å². The zero-order valence-electron chi connectivity index (χ0n) is 12.8. The van der Waals surface area contributed by atoms with Crippen molar-refractivity contribution in [2.45, 2.75) is 31.7 Å². The third kappa shape index (κ3) is 3.27. The fourth-order valence-corrected chi connectivity index (χ4v) is 2.88. The van der Waals surface area contributed by atoms with Gasteiger partial charge in [-0.3, -0.25) is 9.78 Å². The number of aromatic nitrogens is 1. The molecule has 4 nitrogen and oxygen atoms in total. The Bertz CT molecular complexity index is 636. The number of nitrogens with one attached hydrogen (secondary N) is 1. The lowest BCUT2D eigenvalue weighted by Gasteiger charge is -2.20. The first kappa shape index (κ1) is 14.6. The van der Waals surface area contributed by atoms with Crippen molar-refractivity contribution in [3.05, 3.63) is 54.4 Å². The van der Waals surface area contributed by atoms with Gasteiger partial charge in [0.1, 0.15) is 5.69 Å². The number of pyridine rings is 1. The molecule has 1 saturated carbocycles. The van der Waals surface area contributed by atoms with Crippen molar-refractivity contribution in [3.8, 4) is 0 Å². The lowest BCUT2D eigenvalue weighted by atomic mass is 10.2. The fraction of sp³-hybridized carbons (Fsp3) is 0.333. The maximum Gasteiger partial charge on any atom is 0.270 e. The summed E-state index contributed by atoms with van der Waals surface area (Å²) in [6, 6.07) is 14.1. The molecule has 0 bridgehead atoms. The first-order valence-corrected chi connectivity index (χ1v) is 7.80. The molecule has 1 N–H and O–H groups in total. The molecular weight excluding hydrogens is 274 g/mol. The van der Waals surface area contributed by atoms with Crippen molar-refractivity contribution in [1.82, 2.24) is 10.3 Å². The number of amides is 1. The summed E-state index contributed by atoms with van der Waals surface area (Å²) in [6.07, 6.45) is 6.26. The predicted octanol–water partition coefficient (Wildman–Crippen LogP) is 3.52.